The number of hydrogen-bond acceptors (Lipinski definition) is 4. The van der Waals surface area contributed by atoms with Gasteiger partial charge in [0.2, 0.25) is 0 Å². The molecule has 0 spiro atoms. The van der Waals surface area contributed by atoms with Crippen LogP contribution in [0, 0.1) is 0 Å². The van der Waals surface area contributed by atoms with Crippen LogP contribution in [0.5, 0.6) is 5.75 Å². The Hall–Kier alpha value is -2.24. The lowest BCUT2D eigenvalue weighted by Crippen LogP contribution is -2.36. The molecule has 6 heteroatoms. The van der Waals surface area contributed by atoms with E-state index in [0.717, 1.165) is 0 Å². The fourth-order valence-corrected chi connectivity index (χ4v) is 1.87. The summed E-state index contributed by atoms with van der Waals surface area (Å²) < 4.78 is 10.4. The van der Waals surface area contributed by atoms with Crippen LogP contribution in [0.2, 0.25) is 0 Å². The van der Waals surface area contributed by atoms with E-state index in [4.69, 9.17) is 9.47 Å². The summed E-state index contributed by atoms with van der Waals surface area (Å²) in [6.07, 6.45) is -0.428. The molecule has 0 aromatic heterocycles. The van der Waals surface area contributed by atoms with Crippen molar-refractivity contribution in [1.29, 1.82) is 0 Å². The molecule has 0 unspecified atom stereocenters. The van der Waals surface area contributed by atoms with E-state index in [1.165, 1.54) is 18.1 Å². The van der Waals surface area contributed by atoms with Gasteiger partial charge >= 0.3 is 12.1 Å². The lowest BCUT2D eigenvalue weighted by molar-refractivity contribution is 0.0244. The largest absolute Gasteiger partial charge is 0.496 e. The maximum absolute atomic E-state index is 12.1. The van der Waals surface area contributed by atoms with Crippen LogP contribution >= 0.6 is 0 Å². The minimum Gasteiger partial charge on any atom is -0.496 e. The Morgan fingerprint density at radius 1 is 1.27 bits per heavy atom. The summed E-state index contributed by atoms with van der Waals surface area (Å²) in [4.78, 5) is 24.8. The number of ether oxygens (including phenoxy) is 2. The van der Waals surface area contributed by atoms with E-state index in [9.17, 15) is 14.7 Å². The highest BCUT2D eigenvalue weighted by molar-refractivity contribution is 5.91. The lowest BCUT2D eigenvalue weighted by atomic mass is 10.1. The summed E-state index contributed by atoms with van der Waals surface area (Å²) >= 11 is 0. The van der Waals surface area contributed by atoms with E-state index in [0.29, 0.717) is 12.1 Å². The molecule has 0 aliphatic heterocycles. The maximum Gasteiger partial charge on any atom is 0.410 e. The van der Waals surface area contributed by atoms with Crippen LogP contribution in [0.1, 0.15) is 43.6 Å². The SMILES string of the molecule is CCN(Cc1ccc(OC)c(C(=O)O)c1)C(=O)OC(C)(C)C. The highest BCUT2D eigenvalue weighted by Gasteiger charge is 2.22. The van der Waals surface area contributed by atoms with E-state index in [1.807, 2.05) is 6.92 Å². The number of benzene rings is 1. The number of nitrogens with zero attached hydrogens (tertiary/aromatic N) is 1. The molecular formula is C16H23NO5. The van der Waals surface area contributed by atoms with Crippen LogP contribution in [0.3, 0.4) is 0 Å². The zero-order valence-corrected chi connectivity index (χ0v) is 13.7. The Labute approximate surface area is 130 Å². The molecule has 0 fully saturated rings. The maximum atomic E-state index is 12.1. The van der Waals surface area contributed by atoms with Crippen molar-refractivity contribution in [3.63, 3.8) is 0 Å². The molecule has 0 heterocycles. The van der Waals surface area contributed by atoms with Gasteiger partial charge in [-0.25, -0.2) is 9.59 Å². The fraction of sp³-hybridized carbons (Fsp3) is 0.500. The van der Waals surface area contributed by atoms with E-state index in [1.54, 1.807) is 32.9 Å². The Morgan fingerprint density at radius 3 is 2.36 bits per heavy atom. The number of rotatable bonds is 5. The normalized spacial score (nSPS) is 11.0. The molecule has 0 bridgehead atoms. The predicted octanol–water partition coefficient (Wildman–Crippen LogP) is 3.15. The Balaban J connectivity index is 2.94. The van der Waals surface area contributed by atoms with Crippen molar-refractivity contribution in [2.75, 3.05) is 13.7 Å². The molecule has 6 nitrogen and oxygen atoms in total. The van der Waals surface area contributed by atoms with Crippen LogP contribution < -0.4 is 4.74 Å². The standard InChI is InChI=1S/C16H23NO5/c1-6-17(15(20)22-16(2,3)4)10-11-7-8-13(21-5)12(9-11)14(18)19/h7-9H,6,10H2,1-5H3,(H,18,19). The summed E-state index contributed by atoms with van der Waals surface area (Å²) in [5, 5.41) is 9.19. The number of aromatic carboxylic acids is 1. The first-order valence-electron chi connectivity index (χ1n) is 7.06. The van der Waals surface area contributed by atoms with Crippen LogP contribution in [0.4, 0.5) is 4.79 Å². The molecule has 0 radical (unpaired) electrons. The van der Waals surface area contributed by atoms with E-state index in [2.05, 4.69) is 0 Å². The van der Waals surface area contributed by atoms with Gasteiger partial charge in [-0.05, 0) is 45.4 Å². The average Bonchev–Trinajstić information content (AvgIpc) is 2.42. The zero-order valence-electron chi connectivity index (χ0n) is 13.7. The molecule has 0 atom stereocenters. The predicted molar refractivity (Wildman–Crippen MR) is 82.3 cm³/mol. The Bertz CT molecular complexity index is 548. The smallest absolute Gasteiger partial charge is 0.410 e. The van der Waals surface area contributed by atoms with Gasteiger partial charge in [-0.15, -0.1) is 0 Å². The van der Waals surface area contributed by atoms with Gasteiger partial charge in [0.25, 0.3) is 0 Å². The van der Waals surface area contributed by atoms with Gasteiger partial charge in [-0.2, -0.15) is 0 Å². The number of carboxylic acids is 1. The molecule has 22 heavy (non-hydrogen) atoms. The van der Waals surface area contributed by atoms with Gasteiger partial charge in [0.05, 0.1) is 7.11 Å². The lowest BCUT2D eigenvalue weighted by Gasteiger charge is -2.26. The van der Waals surface area contributed by atoms with Crippen molar-refractivity contribution in [2.24, 2.45) is 0 Å². The molecule has 1 amide bonds. The second-order valence-electron chi connectivity index (χ2n) is 5.83. The van der Waals surface area contributed by atoms with Gasteiger partial charge in [0.15, 0.2) is 0 Å². The third-order valence-electron chi connectivity index (χ3n) is 2.90. The van der Waals surface area contributed by atoms with Crippen molar-refractivity contribution >= 4 is 12.1 Å². The zero-order chi connectivity index (χ0) is 16.9. The molecule has 0 aliphatic carbocycles. The first kappa shape index (κ1) is 17.8. The van der Waals surface area contributed by atoms with Crippen LogP contribution in [0.15, 0.2) is 18.2 Å². The molecule has 1 rings (SSSR count). The first-order valence-corrected chi connectivity index (χ1v) is 7.06. The van der Waals surface area contributed by atoms with Gasteiger partial charge in [-0.3, -0.25) is 0 Å². The molecule has 1 aromatic carbocycles. The minimum absolute atomic E-state index is 0.0697. The summed E-state index contributed by atoms with van der Waals surface area (Å²) in [6.45, 7) is 7.97. The topological polar surface area (TPSA) is 76.1 Å². The number of carboxylic acid groups (broad SMARTS) is 1. The Kier molecular flexibility index (Phi) is 5.79. The molecule has 0 aliphatic rings. The third-order valence-corrected chi connectivity index (χ3v) is 2.90. The van der Waals surface area contributed by atoms with Crippen LogP contribution in [-0.2, 0) is 11.3 Å². The average molecular weight is 309 g/mol. The third kappa shape index (κ3) is 4.95. The fourth-order valence-electron chi connectivity index (χ4n) is 1.87. The van der Waals surface area contributed by atoms with Gasteiger partial charge in [-0.1, -0.05) is 6.07 Å². The van der Waals surface area contributed by atoms with Crippen molar-refractivity contribution in [1.82, 2.24) is 4.90 Å². The molecule has 1 aromatic rings. The Morgan fingerprint density at radius 2 is 1.91 bits per heavy atom. The summed E-state index contributed by atoms with van der Waals surface area (Å²) in [6, 6.07) is 4.83. The van der Waals surface area contributed by atoms with Crippen LogP contribution in [0.25, 0.3) is 0 Å². The summed E-state index contributed by atoms with van der Waals surface area (Å²) in [7, 11) is 1.42. The molecule has 0 saturated carbocycles. The number of methoxy groups -OCH3 is 1. The second kappa shape index (κ2) is 7.15. The number of carbonyl (C=O) groups is 2. The second-order valence-corrected chi connectivity index (χ2v) is 5.83. The minimum atomic E-state index is -1.07. The monoisotopic (exact) mass is 309 g/mol. The highest BCUT2D eigenvalue weighted by atomic mass is 16.6. The number of hydrogen-bond donors (Lipinski definition) is 1. The molecule has 1 N–H and O–H groups in total. The number of amides is 1. The van der Waals surface area contributed by atoms with Crippen molar-refractivity contribution in [2.45, 2.75) is 39.8 Å². The van der Waals surface area contributed by atoms with E-state index >= 15 is 0 Å². The van der Waals surface area contributed by atoms with Gasteiger partial charge in [0, 0.05) is 13.1 Å². The van der Waals surface area contributed by atoms with Gasteiger partial charge in [0.1, 0.15) is 16.9 Å². The van der Waals surface area contributed by atoms with Gasteiger partial charge < -0.3 is 19.5 Å². The molecule has 122 valence electrons. The van der Waals surface area contributed by atoms with Crippen molar-refractivity contribution in [3.8, 4) is 5.75 Å². The highest BCUT2D eigenvalue weighted by Crippen LogP contribution is 2.21. The first-order chi connectivity index (χ1) is 10.2. The van der Waals surface area contributed by atoms with Crippen molar-refractivity contribution in [3.05, 3.63) is 29.3 Å². The number of carbonyl (C=O) groups excluding carboxylic acids is 1. The molecule has 0 saturated heterocycles. The summed E-state index contributed by atoms with van der Waals surface area (Å²) in [5.41, 5.74) is 0.197. The molecular weight excluding hydrogens is 286 g/mol. The van der Waals surface area contributed by atoms with Crippen LogP contribution in [-0.4, -0.2) is 41.3 Å². The quantitative estimate of drug-likeness (QED) is 0.904. The van der Waals surface area contributed by atoms with E-state index < -0.39 is 17.7 Å². The van der Waals surface area contributed by atoms with E-state index in [-0.39, 0.29) is 17.9 Å². The van der Waals surface area contributed by atoms with Crippen molar-refractivity contribution < 1.29 is 24.2 Å². The summed E-state index contributed by atoms with van der Waals surface area (Å²) in [5.74, 6) is -0.782.